The van der Waals surface area contributed by atoms with E-state index in [4.69, 9.17) is 4.74 Å². The summed E-state index contributed by atoms with van der Waals surface area (Å²) in [6.07, 6.45) is 9.53. The molecule has 0 amide bonds. The maximum atomic E-state index is 11.6. The fraction of sp³-hybridized carbons (Fsp3) is 0.625. The second-order valence-corrected chi connectivity index (χ2v) is 5.73. The van der Waals surface area contributed by atoms with E-state index in [0.29, 0.717) is 12.8 Å². The summed E-state index contributed by atoms with van der Waals surface area (Å²) in [4.78, 5) is 23.2. The molecule has 0 aromatic carbocycles. The molecule has 110 valence electrons. The van der Waals surface area contributed by atoms with Gasteiger partial charge in [-0.15, -0.1) is 0 Å². The van der Waals surface area contributed by atoms with Crippen LogP contribution in [-0.2, 0) is 14.3 Å². The Kier molecular flexibility index (Phi) is 5.12. The molecular weight excluding hydrogens is 256 g/mol. The van der Waals surface area contributed by atoms with Crippen LogP contribution in [0, 0.1) is 11.8 Å². The number of ketones is 1. The highest BCUT2D eigenvalue weighted by molar-refractivity contribution is 5.83. The minimum atomic E-state index is -0.778. The number of ether oxygens (including phenoxy) is 1. The lowest BCUT2D eigenvalue weighted by atomic mass is 9.90. The van der Waals surface area contributed by atoms with Crippen LogP contribution in [0.2, 0.25) is 0 Å². The maximum absolute atomic E-state index is 11.6. The van der Waals surface area contributed by atoms with E-state index in [0.717, 1.165) is 19.3 Å². The number of carbonyl (C=O) groups is 2. The number of cyclic esters (lactones) is 1. The summed E-state index contributed by atoms with van der Waals surface area (Å²) in [5.41, 5.74) is 0. The average molecular weight is 278 g/mol. The van der Waals surface area contributed by atoms with Crippen LogP contribution in [0.1, 0.15) is 39.0 Å². The van der Waals surface area contributed by atoms with Crippen molar-refractivity contribution in [2.45, 2.75) is 51.2 Å². The Balaban J connectivity index is 2.13. The van der Waals surface area contributed by atoms with Gasteiger partial charge in [0.2, 0.25) is 0 Å². The fourth-order valence-corrected chi connectivity index (χ4v) is 2.91. The van der Waals surface area contributed by atoms with E-state index in [1.165, 1.54) is 12.2 Å². The van der Waals surface area contributed by atoms with E-state index in [1.54, 1.807) is 0 Å². The van der Waals surface area contributed by atoms with E-state index in [-0.39, 0.29) is 23.7 Å². The number of carbonyl (C=O) groups excluding carboxylic acids is 2. The van der Waals surface area contributed by atoms with Crippen molar-refractivity contribution in [3.63, 3.8) is 0 Å². The molecule has 0 radical (unpaired) electrons. The third kappa shape index (κ3) is 4.04. The number of fused-ring (bicyclic) bond motifs is 1. The second kappa shape index (κ2) is 6.84. The number of hydrogen-bond acceptors (Lipinski definition) is 4. The standard InChI is InChI=1S/C16H22O4/c1-11-5-3-2-4-6-12-9-13(17)10-14(12)15(18)7-8-16(19)20-11/h4,6-8,11-12,14-15,18H,2-3,5,9-10H2,1H3/b6-4+,8-7+/t11-,12+,14+,15+/m1/s1. The van der Waals surface area contributed by atoms with Crippen LogP contribution >= 0.6 is 0 Å². The summed E-state index contributed by atoms with van der Waals surface area (Å²) in [6.45, 7) is 1.87. The number of aliphatic hydroxyl groups excluding tert-OH is 1. The van der Waals surface area contributed by atoms with Crippen LogP contribution in [0.15, 0.2) is 24.3 Å². The third-order valence-corrected chi connectivity index (χ3v) is 4.03. The van der Waals surface area contributed by atoms with Crippen molar-refractivity contribution in [1.29, 1.82) is 0 Å². The van der Waals surface area contributed by atoms with E-state index in [2.05, 4.69) is 12.2 Å². The molecule has 0 aromatic rings. The number of hydrogen-bond donors (Lipinski definition) is 1. The highest BCUT2D eigenvalue weighted by Crippen LogP contribution is 2.33. The molecule has 1 aliphatic heterocycles. The predicted molar refractivity (Wildman–Crippen MR) is 74.9 cm³/mol. The van der Waals surface area contributed by atoms with Gasteiger partial charge in [0.05, 0.1) is 12.2 Å². The van der Waals surface area contributed by atoms with Gasteiger partial charge < -0.3 is 9.84 Å². The summed E-state index contributed by atoms with van der Waals surface area (Å²) in [5, 5.41) is 10.2. The van der Waals surface area contributed by atoms with Gasteiger partial charge in [0.1, 0.15) is 5.78 Å². The third-order valence-electron chi connectivity index (χ3n) is 4.03. The zero-order chi connectivity index (χ0) is 14.5. The zero-order valence-corrected chi connectivity index (χ0v) is 11.8. The van der Waals surface area contributed by atoms with Gasteiger partial charge in [0.25, 0.3) is 0 Å². The lowest BCUT2D eigenvalue weighted by molar-refractivity contribution is -0.142. The van der Waals surface area contributed by atoms with Gasteiger partial charge in [-0.3, -0.25) is 4.79 Å². The van der Waals surface area contributed by atoms with E-state index < -0.39 is 12.1 Å². The lowest BCUT2D eigenvalue weighted by Gasteiger charge is -2.19. The smallest absolute Gasteiger partial charge is 0.330 e. The Labute approximate surface area is 119 Å². The van der Waals surface area contributed by atoms with Crippen molar-refractivity contribution in [3.8, 4) is 0 Å². The Bertz CT molecular complexity index is 424. The first-order chi connectivity index (χ1) is 9.56. The molecule has 2 rings (SSSR count). The fourth-order valence-electron chi connectivity index (χ4n) is 2.91. The van der Waals surface area contributed by atoms with Crippen molar-refractivity contribution in [2.75, 3.05) is 0 Å². The topological polar surface area (TPSA) is 63.6 Å². The molecule has 2 aliphatic rings. The minimum Gasteiger partial charge on any atom is -0.460 e. The van der Waals surface area contributed by atoms with Gasteiger partial charge in [-0.1, -0.05) is 12.2 Å². The number of rotatable bonds is 0. The molecule has 0 saturated heterocycles. The highest BCUT2D eigenvalue weighted by Gasteiger charge is 2.35. The number of esters is 1. The maximum Gasteiger partial charge on any atom is 0.330 e. The molecule has 0 spiro atoms. The van der Waals surface area contributed by atoms with Crippen LogP contribution in [0.25, 0.3) is 0 Å². The quantitative estimate of drug-likeness (QED) is 0.545. The first-order valence-corrected chi connectivity index (χ1v) is 7.31. The molecule has 1 heterocycles. The van der Waals surface area contributed by atoms with E-state index in [1.807, 2.05) is 6.92 Å². The summed E-state index contributed by atoms with van der Waals surface area (Å²) in [6, 6.07) is 0. The average Bonchev–Trinajstić information content (AvgIpc) is 2.76. The Morgan fingerprint density at radius 2 is 2.05 bits per heavy atom. The lowest BCUT2D eigenvalue weighted by Crippen LogP contribution is -2.21. The first-order valence-electron chi connectivity index (χ1n) is 7.31. The Morgan fingerprint density at radius 1 is 1.25 bits per heavy atom. The van der Waals surface area contributed by atoms with Gasteiger partial charge in [-0.05, 0) is 38.2 Å². The molecule has 4 atom stereocenters. The Morgan fingerprint density at radius 3 is 2.85 bits per heavy atom. The van der Waals surface area contributed by atoms with Crippen molar-refractivity contribution in [2.24, 2.45) is 11.8 Å². The summed E-state index contributed by atoms with van der Waals surface area (Å²) in [7, 11) is 0. The Hall–Kier alpha value is -1.42. The molecule has 1 fully saturated rings. The van der Waals surface area contributed by atoms with Gasteiger partial charge in [0, 0.05) is 24.8 Å². The normalized spacial score (nSPS) is 38.9. The van der Waals surface area contributed by atoms with Crippen LogP contribution in [0.5, 0.6) is 0 Å². The molecule has 0 unspecified atom stereocenters. The van der Waals surface area contributed by atoms with E-state index >= 15 is 0 Å². The molecule has 20 heavy (non-hydrogen) atoms. The van der Waals surface area contributed by atoms with Crippen LogP contribution in [-0.4, -0.2) is 29.1 Å². The van der Waals surface area contributed by atoms with Gasteiger partial charge in [-0.25, -0.2) is 4.79 Å². The number of Topliss-reactive ketones (excluding diaryl/α,β-unsaturated/α-hetero) is 1. The van der Waals surface area contributed by atoms with Crippen molar-refractivity contribution < 1.29 is 19.4 Å². The predicted octanol–water partition coefficient (Wildman–Crippen LogP) is 2.17. The zero-order valence-electron chi connectivity index (χ0n) is 11.8. The van der Waals surface area contributed by atoms with Crippen molar-refractivity contribution in [3.05, 3.63) is 24.3 Å². The SMILES string of the molecule is C[C@@H]1CCC/C=C/[C@H]2CC(=O)C[C@@H]2[C@@H](O)/C=C/C(=O)O1. The summed E-state index contributed by atoms with van der Waals surface area (Å²) < 4.78 is 5.22. The van der Waals surface area contributed by atoms with Crippen LogP contribution in [0.4, 0.5) is 0 Å². The monoisotopic (exact) mass is 278 g/mol. The van der Waals surface area contributed by atoms with Crippen molar-refractivity contribution in [1.82, 2.24) is 0 Å². The second-order valence-electron chi connectivity index (χ2n) is 5.73. The molecule has 0 aromatic heterocycles. The molecule has 1 N–H and O–H groups in total. The summed E-state index contributed by atoms with van der Waals surface area (Å²) >= 11 is 0. The largest absolute Gasteiger partial charge is 0.460 e. The molecule has 1 aliphatic carbocycles. The number of aliphatic hydroxyl groups is 1. The van der Waals surface area contributed by atoms with Gasteiger partial charge in [-0.2, -0.15) is 0 Å². The van der Waals surface area contributed by atoms with Crippen LogP contribution in [0.3, 0.4) is 0 Å². The molecule has 4 heteroatoms. The molecule has 4 nitrogen and oxygen atoms in total. The molecule has 1 saturated carbocycles. The number of allylic oxidation sites excluding steroid dienone is 2. The van der Waals surface area contributed by atoms with Gasteiger partial charge in [0.15, 0.2) is 0 Å². The first kappa shape index (κ1) is 15.0. The van der Waals surface area contributed by atoms with Gasteiger partial charge >= 0.3 is 5.97 Å². The highest BCUT2D eigenvalue weighted by atomic mass is 16.5. The molecular formula is C16H22O4. The minimum absolute atomic E-state index is 0.0800. The van der Waals surface area contributed by atoms with E-state index in [9.17, 15) is 14.7 Å². The summed E-state index contributed by atoms with van der Waals surface area (Å²) in [5.74, 6) is -0.289. The van der Waals surface area contributed by atoms with Crippen LogP contribution < -0.4 is 0 Å². The molecule has 0 bridgehead atoms. The van der Waals surface area contributed by atoms with Crippen molar-refractivity contribution >= 4 is 11.8 Å².